The topological polar surface area (TPSA) is 64.5 Å². The van der Waals surface area contributed by atoms with Crippen LogP contribution in [0, 0.1) is 6.92 Å². The Hall–Kier alpha value is -3.42. The van der Waals surface area contributed by atoms with E-state index in [0.717, 1.165) is 38.3 Å². The number of aromatic nitrogens is 2. The summed E-state index contributed by atoms with van der Waals surface area (Å²) in [5.74, 6) is 1.38. The number of anilines is 1. The van der Waals surface area contributed by atoms with Gasteiger partial charge in [-0.3, -0.25) is 9.78 Å². The summed E-state index contributed by atoms with van der Waals surface area (Å²) in [5, 5.41) is 1.54. The lowest BCUT2D eigenvalue weighted by molar-refractivity contribution is -0.121. The van der Waals surface area contributed by atoms with Crippen molar-refractivity contribution >= 4 is 34.5 Å². The Balaban J connectivity index is 1.34. The number of rotatable bonds is 7. The molecule has 172 valence electrons. The van der Waals surface area contributed by atoms with E-state index in [2.05, 4.69) is 4.98 Å². The number of pyridine rings is 1. The minimum atomic E-state index is -0.0692. The average Bonchev–Trinajstić information content (AvgIpc) is 3.26. The first-order chi connectivity index (χ1) is 16.6. The maximum absolute atomic E-state index is 12.7. The van der Waals surface area contributed by atoms with Crippen LogP contribution in [0.3, 0.4) is 0 Å². The molecular weight excluding hydrogens is 470 g/mol. The molecule has 3 heterocycles. The summed E-state index contributed by atoms with van der Waals surface area (Å²) < 4.78 is 11.5. The molecule has 0 aliphatic carbocycles. The summed E-state index contributed by atoms with van der Waals surface area (Å²) in [6, 6.07) is 18.9. The third-order valence-electron chi connectivity index (χ3n) is 5.46. The van der Waals surface area contributed by atoms with Crippen molar-refractivity contribution in [3.63, 3.8) is 0 Å². The van der Waals surface area contributed by atoms with Crippen molar-refractivity contribution in [3.8, 4) is 33.5 Å². The second kappa shape index (κ2) is 9.83. The number of halogens is 1. The van der Waals surface area contributed by atoms with Gasteiger partial charge in [0, 0.05) is 28.2 Å². The maximum atomic E-state index is 12.7. The Labute approximate surface area is 206 Å². The first-order valence-corrected chi connectivity index (χ1v) is 12.1. The van der Waals surface area contributed by atoms with Gasteiger partial charge in [0.25, 0.3) is 5.91 Å². The maximum Gasteiger partial charge on any atom is 0.265 e. The molecule has 0 N–H and O–H groups in total. The number of thiazole rings is 1. The second-order valence-electron chi connectivity index (χ2n) is 7.81. The molecule has 1 aliphatic rings. The van der Waals surface area contributed by atoms with E-state index in [4.69, 9.17) is 26.1 Å². The Bertz CT molecular complexity index is 1310. The predicted octanol–water partition coefficient (Wildman–Crippen LogP) is 6.03. The highest BCUT2D eigenvalue weighted by Gasteiger charge is 2.26. The van der Waals surface area contributed by atoms with Crippen LogP contribution in [0.15, 0.2) is 66.9 Å². The van der Waals surface area contributed by atoms with Crippen LogP contribution in [0.25, 0.3) is 22.0 Å². The van der Waals surface area contributed by atoms with Crippen LogP contribution in [0.5, 0.6) is 11.5 Å². The van der Waals surface area contributed by atoms with Crippen molar-refractivity contribution in [1.82, 2.24) is 9.97 Å². The molecule has 0 atom stereocenters. The minimum Gasteiger partial charge on any atom is -0.494 e. The summed E-state index contributed by atoms with van der Waals surface area (Å²) in [7, 11) is 0. The fraction of sp³-hybridized carbons (Fsp3) is 0.192. The number of nitrogens with zero attached hydrogens (tertiary/aromatic N) is 3. The van der Waals surface area contributed by atoms with Crippen molar-refractivity contribution in [1.29, 1.82) is 0 Å². The van der Waals surface area contributed by atoms with Crippen molar-refractivity contribution in [2.45, 2.75) is 13.3 Å². The Morgan fingerprint density at radius 3 is 2.79 bits per heavy atom. The summed E-state index contributed by atoms with van der Waals surface area (Å²) in [5.41, 5.74) is 3.43. The molecule has 0 bridgehead atoms. The second-order valence-corrected chi connectivity index (χ2v) is 9.45. The number of carbonyl (C=O) groups excluding carboxylic acids is 1. The molecule has 0 saturated carbocycles. The van der Waals surface area contributed by atoms with Crippen LogP contribution >= 0.6 is 22.9 Å². The number of benzene rings is 2. The molecule has 34 heavy (non-hydrogen) atoms. The number of hydrogen-bond acceptors (Lipinski definition) is 6. The molecular formula is C26H22ClN3O3S. The van der Waals surface area contributed by atoms with Crippen LogP contribution in [0.4, 0.5) is 5.69 Å². The van der Waals surface area contributed by atoms with Crippen LogP contribution in [-0.4, -0.2) is 35.6 Å². The highest BCUT2D eigenvalue weighted by molar-refractivity contribution is 7.15. The van der Waals surface area contributed by atoms with Crippen molar-refractivity contribution < 1.29 is 14.3 Å². The number of carbonyl (C=O) groups is 1. The molecule has 4 aromatic rings. The van der Waals surface area contributed by atoms with Crippen LogP contribution < -0.4 is 14.4 Å². The lowest BCUT2D eigenvalue weighted by atomic mass is 10.1. The standard InChI is InChI=1S/C26H22ClN3O3S/c1-17-25(29-26(34-17)21-5-2-3-12-28-21)18-6-11-23-22(15-18)30(24(31)16-33-23)13-4-14-32-20-9-7-19(27)8-10-20/h2-3,5-12,15H,4,13-14,16H2,1H3. The fourth-order valence-corrected chi connectivity index (χ4v) is 4.84. The molecule has 1 amide bonds. The third kappa shape index (κ3) is 4.76. The van der Waals surface area contributed by atoms with Gasteiger partial charge < -0.3 is 14.4 Å². The van der Waals surface area contributed by atoms with E-state index in [1.807, 2.05) is 55.5 Å². The zero-order valence-electron chi connectivity index (χ0n) is 18.5. The van der Waals surface area contributed by atoms with Gasteiger partial charge in [-0.05, 0) is 67.9 Å². The molecule has 2 aromatic carbocycles. The molecule has 5 rings (SSSR count). The zero-order chi connectivity index (χ0) is 23.5. The van der Waals surface area contributed by atoms with Crippen molar-refractivity contribution in [3.05, 3.63) is 76.8 Å². The lowest BCUT2D eigenvalue weighted by Gasteiger charge is -2.29. The molecule has 0 saturated heterocycles. The number of fused-ring (bicyclic) bond motifs is 1. The van der Waals surface area contributed by atoms with E-state index in [1.54, 1.807) is 34.6 Å². The quantitative estimate of drug-likeness (QED) is 0.295. The number of hydrogen-bond donors (Lipinski definition) is 0. The average molecular weight is 492 g/mol. The lowest BCUT2D eigenvalue weighted by Crippen LogP contribution is -2.39. The fourth-order valence-electron chi connectivity index (χ4n) is 3.80. The van der Waals surface area contributed by atoms with Gasteiger partial charge in [0.05, 0.1) is 23.7 Å². The van der Waals surface area contributed by atoms with E-state index in [0.29, 0.717) is 30.3 Å². The molecule has 8 heteroatoms. The van der Waals surface area contributed by atoms with E-state index in [-0.39, 0.29) is 12.5 Å². The van der Waals surface area contributed by atoms with Gasteiger partial charge in [0.15, 0.2) is 6.61 Å². The van der Waals surface area contributed by atoms with E-state index >= 15 is 0 Å². The van der Waals surface area contributed by atoms with Gasteiger partial charge >= 0.3 is 0 Å². The van der Waals surface area contributed by atoms with Crippen LogP contribution in [0.2, 0.25) is 5.02 Å². The van der Waals surface area contributed by atoms with Gasteiger partial charge in [-0.25, -0.2) is 4.98 Å². The number of aryl methyl sites for hydroxylation is 1. The van der Waals surface area contributed by atoms with E-state index < -0.39 is 0 Å². The highest BCUT2D eigenvalue weighted by atomic mass is 35.5. The smallest absolute Gasteiger partial charge is 0.265 e. The van der Waals surface area contributed by atoms with E-state index in [9.17, 15) is 4.79 Å². The monoisotopic (exact) mass is 491 g/mol. The van der Waals surface area contributed by atoms with Crippen LogP contribution in [0.1, 0.15) is 11.3 Å². The number of ether oxygens (including phenoxy) is 2. The Kier molecular flexibility index (Phi) is 6.47. The van der Waals surface area contributed by atoms with Gasteiger partial charge in [0.1, 0.15) is 16.5 Å². The number of amides is 1. The van der Waals surface area contributed by atoms with Crippen molar-refractivity contribution in [2.75, 3.05) is 24.7 Å². The Morgan fingerprint density at radius 2 is 2.00 bits per heavy atom. The minimum absolute atomic E-state index is 0.0317. The summed E-state index contributed by atoms with van der Waals surface area (Å²) >= 11 is 7.53. The summed E-state index contributed by atoms with van der Waals surface area (Å²) in [4.78, 5) is 24.8. The largest absolute Gasteiger partial charge is 0.494 e. The predicted molar refractivity (Wildman–Crippen MR) is 135 cm³/mol. The molecule has 0 fully saturated rings. The molecule has 0 radical (unpaired) electrons. The molecule has 6 nitrogen and oxygen atoms in total. The van der Waals surface area contributed by atoms with Gasteiger partial charge in [-0.1, -0.05) is 17.7 Å². The van der Waals surface area contributed by atoms with Gasteiger partial charge in [-0.2, -0.15) is 0 Å². The Morgan fingerprint density at radius 1 is 1.15 bits per heavy atom. The highest BCUT2D eigenvalue weighted by Crippen LogP contribution is 2.39. The van der Waals surface area contributed by atoms with Crippen LogP contribution in [-0.2, 0) is 4.79 Å². The molecule has 0 unspecified atom stereocenters. The molecule has 2 aromatic heterocycles. The zero-order valence-corrected chi connectivity index (χ0v) is 20.1. The SMILES string of the molecule is Cc1sc(-c2ccccn2)nc1-c1ccc2c(c1)N(CCCOc1ccc(Cl)cc1)C(=O)CO2. The van der Waals surface area contributed by atoms with E-state index in [1.165, 1.54) is 0 Å². The summed E-state index contributed by atoms with van der Waals surface area (Å²) in [6.45, 7) is 3.09. The van der Waals surface area contributed by atoms with Gasteiger partial charge in [0.2, 0.25) is 0 Å². The first-order valence-electron chi connectivity index (χ1n) is 10.9. The normalized spacial score (nSPS) is 12.9. The molecule has 1 aliphatic heterocycles. The summed E-state index contributed by atoms with van der Waals surface area (Å²) in [6.07, 6.45) is 2.44. The third-order valence-corrected chi connectivity index (χ3v) is 6.71. The first kappa shape index (κ1) is 22.4. The molecule has 0 spiro atoms. The van der Waals surface area contributed by atoms with Crippen molar-refractivity contribution in [2.24, 2.45) is 0 Å². The van der Waals surface area contributed by atoms with Gasteiger partial charge in [-0.15, -0.1) is 11.3 Å².